The third-order valence-corrected chi connectivity index (χ3v) is 4.75. The van der Waals surface area contributed by atoms with Crippen molar-refractivity contribution in [3.63, 3.8) is 0 Å². The highest BCUT2D eigenvalue weighted by atomic mass is 16.7. The number of carbonyl (C=O) groups is 1. The van der Waals surface area contributed by atoms with Crippen LogP contribution >= 0.6 is 0 Å². The molecule has 0 saturated carbocycles. The van der Waals surface area contributed by atoms with Crippen LogP contribution in [0.15, 0.2) is 18.2 Å². The van der Waals surface area contributed by atoms with Crippen molar-refractivity contribution in [1.29, 1.82) is 0 Å². The van der Waals surface area contributed by atoms with Crippen LogP contribution in [0.3, 0.4) is 0 Å². The van der Waals surface area contributed by atoms with E-state index in [2.05, 4.69) is 17.0 Å². The van der Waals surface area contributed by atoms with Crippen molar-refractivity contribution in [3.05, 3.63) is 23.8 Å². The van der Waals surface area contributed by atoms with Crippen molar-refractivity contribution >= 4 is 5.91 Å². The van der Waals surface area contributed by atoms with Gasteiger partial charge in [0.15, 0.2) is 11.5 Å². The Morgan fingerprint density at radius 3 is 2.61 bits per heavy atom. The summed E-state index contributed by atoms with van der Waals surface area (Å²) >= 11 is 0. The molecular formula is C19H27NO3. The number of fused-ring (bicyclic) bond motifs is 1. The fraction of sp³-hybridized carbons (Fsp3) is 0.632. The molecule has 2 heterocycles. The van der Waals surface area contributed by atoms with Gasteiger partial charge in [-0.25, -0.2) is 0 Å². The highest BCUT2D eigenvalue weighted by molar-refractivity contribution is 5.76. The largest absolute Gasteiger partial charge is 0.454 e. The number of nitrogens with zero attached hydrogens (tertiary/aromatic N) is 1. The zero-order valence-electron chi connectivity index (χ0n) is 13.9. The minimum Gasteiger partial charge on any atom is -0.454 e. The van der Waals surface area contributed by atoms with Crippen molar-refractivity contribution < 1.29 is 14.3 Å². The van der Waals surface area contributed by atoms with Gasteiger partial charge in [-0.05, 0) is 56.2 Å². The zero-order chi connectivity index (χ0) is 15.9. The quantitative estimate of drug-likeness (QED) is 0.715. The number of likely N-dealkylation sites (tertiary alicyclic amines) is 1. The lowest BCUT2D eigenvalue weighted by molar-refractivity contribution is -0.132. The predicted molar refractivity (Wildman–Crippen MR) is 89.8 cm³/mol. The van der Waals surface area contributed by atoms with Gasteiger partial charge in [0.25, 0.3) is 0 Å². The number of unbranched alkanes of at least 4 members (excludes halogenated alkanes) is 3. The van der Waals surface area contributed by atoms with Gasteiger partial charge in [0.05, 0.1) is 0 Å². The second-order valence-electron chi connectivity index (χ2n) is 6.54. The summed E-state index contributed by atoms with van der Waals surface area (Å²) in [7, 11) is 0. The molecule has 2 aliphatic heterocycles. The number of carbonyl (C=O) groups excluding carboxylic acids is 1. The molecule has 23 heavy (non-hydrogen) atoms. The van der Waals surface area contributed by atoms with Crippen molar-refractivity contribution in [2.24, 2.45) is 0 Å². The van der Waals surface area contributed by atoms with Crippen molar-refractivity contribution in [2.75, 3.05) is 19.9 Å². The van der Waals surface area contributed by atoms with Gasteiger partial charge < -0.3 is 14.4 Å². The molecule has 2 aliphatic rings. The van der Waals surface area contributed by atoms with E-state index in [1.54, 1.807) is 0 Å². The smallest absolute Gasteiger partial charge is 0.231 e. The number of aryl methyl sites for hydroxylation is 1. The lowest BCUT2D eigenvalue weighted by Gasteiger charge is -2.26. The summed E-state index contributed by atoms with van der Waals surface area (Å²) in [6, 6.07) is 6.20. The molecule has 0 atom stereocenters. The van der Waals surface area contributed by atoms with E-state index >= 15 is 0 Å². The Labute approximate surface area is 138 Å². The van der Waals surface area contributed by atoms with Crippen LogP contribution in [0.1, 0.15) is 56.9 Å². The van der Waals surface area contributed by atoms with Gasteiger partial charge in [-0.2, -0.15) is 0 Å². The van der Waals surface area contributed by atoms with Crippen LogP contribution in [-0.4, -0.2) is 30.7 Å². The molecule has 0 unspecified atom stereocenters. The first-order valence-corrected chi connectivity index (χ1v) is 8.99. The maximum atomic E-state index is 12.1. The molecule has 0 N–H and O–H groups in total. The number of ether oxygens (including phenoxy) is 2. The van der Waals surface area contributed by atoms with E-state index < -0.39 is 0 Å². The lowest BCUT2D eigenvalue weighted by Crippen LogP contribution is -2.35. The van der Waals surface area contributed by atoms with Crippen LogP contribution in [0, 0.1) is 0 Å². The van der Waals surface area contributed by atoms with E-state index in [-0.39, 0.29) is 0 Å². The zero-order valence-corrected chi connectivity index (χ0v) is 13.9. The summed E-state index contributed by atoms with van der Waals surface area (Å²) in [6.45, 7) is 2.29. The summed E-state index contributed by atoms with van der Waals surface area (Å²) in [5.41, 5.74) is 1.30. The molecule has 1 aromatic rings. The van der Waals surface area contributed by atoms with Crippen molar-refractivity contribution in [1.82, 2.24) is 4.90 Å². The first-order valence-electron chi connectivity index (χ1n) is 8.99. The van der Waals surface area contributed by atoms with E-state index in [4.69, 9.17) is 9.47 Å². The van der Waals surface area contributed by atoms with Crippen molar-refractivity contribution in [3.8, 4) is 11.5 Å². The van der Waals surface area contributed by atoms with E-state index in [1.165, 1.54) is 31.2 Å². The molecule has 0 aliphatic carbocycles. The summed E-state index contributed by atoms with van der Waals surface area (Å²) in [5, 5.41) is 0. The predicted octanol–water partition coefficient (Wildman–Crippen LogP) is 3.92. The molecule has 0 aromatic heterocycles. The fourth-order valence-electron chi connectivity index (χ4n) is 3.36. The van der Waals surface area contributed by atoms with Gasteiger partial charge in [0.2, 0.25) is 12.7 Å². The van der Waals surface area contributed by atoms with Crippen LogP contribution in [0.25, 0.3) is 0 Å². The van der Waals surface area contributed by atoms with Gasteiger partial charge >= 0.3 is 0 Å². The third-order valence-electron chi connectivity index (χ3n) is 4.75. The van der Waals surface area contributed by atoms with E-state index in [0.29, 0.717) is 12.7 Å². The summed E-state index contributed by atoms with van der Waals surface area (Å²) in [4.78, 5) is 14.1. The summed E-state index contributed by atoms with van der Waals surface area (Å²) in [6.07, 6.45) is 9.95. The maximum Gasteiger partial charge on any atom is 0.231 e. The van der Waals surface area contributed by atoms with E-state index in [1.807, 2.05) is 6.07 Å². The Hall–Kier alpha value is -1.71. The first kappa shape index (κ1) is 16.2. The Kier molecular flexibility index (Phi) is 5.78. The fourth-order valence-corrected chi connectivity index (χ4v) is 3.36. The number of hydrogen-bond donors (Lipinski definition) is 0. The Balaban J connectivity index is 1.27. The average molecular weight is 317 g/mol. The molecule has 1 amide bonds. The second kappa shape index (κ2) is 8.23. The third kappa shape index (κ3) is 4.63. The number of benzene rings is 1. The summed E-state index contributed by atoms with van der Waals surface area (Å²) in [5.74, 6) is 2.08. The number of hydrogen-bond acceptors (Lipinski definition) is 3. The molecule has 1 saturated heterocycles. The van der Waals surface area contributed by atoms with Crippen LogP contribution in [-0.2, 0) is 11.2 Å². The average Bonchev–Trinajstić information content (AvgIpc) is 3.06. The van der Waals surface area contributed by atoms with E-state index in [0.717, 1.165) is 56.7 Å². The molecule has 0 radical (unpaired) electrons. The number of amides is 1. The highest BCUT2D eigenvalue weighted by Gasteiger charge is 2.15. The van der Waals surface area contributed by atoms with Crippen LogP contribution in [0.2, 0.25) is 0 Å². The van der Waals surface area contributed by atoms with Crippen LogP contribution in [0.4, 0.5) is 0 Å². The first-order chi connectivity index (χ1) is 11.3. The van der Waals surface area contributed by atoms with Gasteiger partial charge in [0, 0.05) is 19.5 Å². The van der Waals surface area contributed by atoms with Crippen molar-refractivity contribution in [2.45, 2.75) is 57.8 Å². The molecule has 1 fully saturated rings. The van der Waals surface area contributed by atoms with Gasteiger partial charge in [-0.1, -0.05) is 18.9 Å². The Morgan fingerprint density at radius 2 is 1.74 bits per heavy atom. The van der Waals surface area contributed by atoms with Crippen LogP contribution < -0.4 is 9.47 Å². The minimum atomic E-state index is 0.337. The maximum absolute atomic E-state index is 12.1. The van der Waals surface area contributed by atoms with Crippen LogP contribution in [0.5, 0.6) is 11.5 Å². The number of piperidine rings is 1. The molecule has 1 aromatic carbocycles. The Bertz CT molecular complexity index is 523. The standard InChI is InChI=1S/C19H27NO3/c21-19(20-12-6-3-7-13-20)9-5-2-1-4-8-16-10-11-17-18(14-16)23-15-22-17/h10-11,14H,1-9,12-13,15H2. The molecule has 4 nitrogen and oxygen atoms in total. The monoisotopic (exact) mass is 317 g/mol. The van der Waals surface area contributed by atoms with E-state index in [9.17, 15) is 4.79 Å². The Morgan fingerprint density at radius 1 is 0.957 bits per heavy atom. The molecule has 0 bridgehead atoms. The number of rotatable bonds is 7. The molecular weight excluding hydrogens is 290 g/mol. The van der Waals surface area contributed by atoms with Gasteiger partial charge in [-0.15, -0.1) is 0 Å². The lowest BCUT2D eigenvalue weighted by atomic mass is 10.0. The molecule has 4 heteroatoms. The second-order valence-corrected chi connectivity index (χ2v) is 6.54. The topological polar surface area (TPSA) is 38.8 Å². The summed E-state index contributed by atoms with van der Waals surface area (Å²) < 4.78 is 10.7. The SMILES string of the molecule is O=C(CCCCCCc1ccc2c(c1)OCO2)N1CCCCC1. The molecule has 0 spiro atoms. The minimum absolute atomic E-state index is 0.337. The molecule has 3 rings (SSSR count). The molecule has 126 valence electrons. The highest BCUT2D eigenvalue weighted by Crippen LogP contribution is 2.32. The van der Waals surface area contributed by atoms with Gasteiger partial charge in [0.1, 0.15) is 0 Å². The normalized spacial score (nSPS) is 16.6. The van der Waals surface area contributed by atoms with Gasteiger partial charge in [-0.3, -0.25) is 4.79 Å².